The summed E-state index contributed by atoms with van der Waals surface area (Å²) in [6.45, 7) is 0.336. The third-order valence-corrected chi connectivity index (χ3v) is 3.30. The van der Waals surface area contributed by atoms with Crippen LogP contribution >= 0.6 is 27.7 Å². The Morgan fingerprint density at radius 3 is 2.44 bits per heavy atom. The highest BCUT2D eigenvalue weighted by Gasteiger charge is 2.11. The highest BCUT2D eigenvalue weighted by Crippen LogP contribution is 2.24. The fourth-order valence-electron chi connectivity index (χ4n) is 1.20. The zero-order chi connectivity index (χ0) is 12.0. The summed E-state index contributed by atoms with van der Waals surface area (Å²) >= 11 is 4.82. The highest BCUT2D eigenvalue weighted by atomic mass is 79.9. The molecule has 0 saturated carbocycles. The Kier molecular flexibility index (Phi) is 6.13. The van der Waals surface area contributed by atoms with E-state index in [1.165, 1.54) is 12.1 Å². The Morgan fingerprint density at radius 2 is 1.94 bits per heavy atom. The minimum absolute atomic E-state index is 0.272. The van der Waals surface area contributed by atoms with Gasteiger partial charge in [-0.1, -0.05) is 15.9 Å². The van der Waals surface area contributed by atoms with E-state index in [9.17, 15) is 8.78 Å². The standard InChI is InChI=1S/C11H13BrF2OS/c1-16-4-2-3-15-11-9(13)5-8(7-12)6-10(11)14/h5-6H,2-4,7H2,1H3. The number of rotatable bonds is 6. The van der Waals surface area contributed by atoms with E-state index in [1.54, 1.807) is 11.8 Å². The second kappa shape index (κ2) is 7.12. The molecule has 0 N–H and O–H groups in total. The lowest BCUT2D eigenvalue weighted by atomic mass is 10.2. The van der Waals surface area contributed by atoms with Crippen molar-refractivity contribution in [3.63, 3.8) is 0 Å². The molecule has 0 aliphatic heterocycles. The zero-order valence-electron chi connectivity index (χ0n) is 8.93. The van der Waals surface area contributed by atoms with Crippen molar-refractivity contribution in [2.75, 3.05) is 18.6 Å². The molecule has 0 bridgehead atoms. The molecule has 0 fully saturated rings. The lowest BCUT2D eigenvalue weighted by Gasteiger charge is -2.09. The van der Waals surface area contributed by atoms with E-state index in [2.05, 4.69) is 15.9 Å². The average molecular weight is 311 g/mol. The molecule has 0 aliphatic carbocycles. The van der Waals surface area contributed by atoms with Crippen LogP contribution in [0.15, 0.2) is 12.1 Å². The summed E-state index contributed by atoms with van der Waals surface area (Å²) in [7, 11) is 0. The number of benzene rings is 1. The summed E-state index contributed by atoms with van der Waals surface area (Å²) in [6, 6.07) is 2.56. The van der Waals surface area contributed by atoms with Crippen LogP contribution < -0.4 is 4.74 Å². The van der Waals surface area contributed by atoms with Gasteiger partial charge < -0.3 is 4.74 Å². The maximum Gasteiger partial charge on any atom is 0.190 e. The van der Waals surface area contributed by atoms with E-state index in [1.807, 2.05) is 6.26 Å². The van der Waals surface area contributed by atoms with Crippen LogP contribution in [0.3, 0.4) is 0 Å². The van der Waals surface area contributed by atoms with Crippen LogP contribution in [0.2, 0.25) is 0 Å². The second-order valence-electron chi connectivity index (χ2n) is 3.22. The molecule has 1 nitrogen and oxygen atoms in total. The molecule has 0 aromatic heterocycles. The van der Waals surface area contributed by atoms with Gasteiger partial charge in [-0.25, -0.2) is 8.78 Å². The predicted octanol–water partition coefficient (Wildman–Crippen LogP) is 3.99. The molecule has 0 aliphatic rings. The van der Waals surface area contributed by atoms with Crippen molar-refractivity contribution in [3.8, 4) is 5.75 Å². The maximum atomic E-state index is 13.4. The third kappa shape index (κ3) is 3.94. The van der Waals surface area contributed by atoms with Gasteiger partial charge in [0.25, 0.3) is 0 Å². The maximum absolute atomic E-state index is 13.4. The number of alkyl halides is 1. The van der Waals surface area contributed by atoms with Gasteiger partial charge in [-0.15, -0.1) is 0 Å². The van der Waals surface area contributed by atoms with Crippen LogP contribution in [0.25, 0.3) is 0 Å². The van der Waals surface area contributed by atoms with E-state index in [-0.39, 0.29) is 5.75 Å². The first-order valence-electron chi connectivity index (χ1n) is 4.84. The van der Waals surface area contributed by atoms with Gasteiger partial charge in [0, 0.05) is 5.33 Å². The zero-order valence-corrected chi connectivity index (χ0v) is 11.3. The lowest BCUT2D eigenvalue weighted by molar-refractivity contribution is 0.285. The molecule has 1 aromatic carbocycles. The molecule has 1 aromatic rings. The molecule has 16 heavy (non-hydrogen) atoms. The number of halogens is 3. The van der Waals surface area contributed by atoms with E-state index in [4.69, 9.17) is 4.74 Å². The summed E-state index contributed by atoms with van der Waals surface area (Å²) in [5.41, 5.74) is 0.562. The molecule has 0 heterocycles. The fourth-order valence-corrected chi connectivity index (χ4v) is 1.94. The molecule has 1 rings (SSSR count). The minimum Gasteiger partial charge on any atom is -0.488 e. The molecule has 90 valence electrons. The van der Waals surface area contributed by atoms with Gasteiger partial charge in [-0.3, -0.25) is 0 Å². The SMILES string of the molecule is CSCCCOc1c(F)cc(CBr)cc1F. The van der Waals surface area contributed by atoms with Crippen molar-refractivity contribution in [2.45, 2.75) is 11.8 Å². The largest absolute Gasteiger partial charge is 0.488 e. The predicted molar refractivity (Wildman–Crippen MR) is 67.5 cm³/mol. The molecule has 0 spiro atoms. The van der Waals surface area contributed by atoms with E-state index in [0.29, 0.717) is 17.5 Å². The van der Waals surface area contributed by atoms with Crippen molar-refractivity contribution >= 4 is 27.7 Å². The Bertz CT molecular complexity index is 324. The van der Waals surface area contributed by atoms with Gasteiger partial charge in [-0.2, -0.15) is 11.8 Å². The molecule has 5 heteroatoms. The number of ether oxygens (including phenoxy) is 1. The molecule has 0 saturated heterocycles. The van der Waals surface area contributed by atoms with Gasteiger partial charge in [0.1, 0.15) is 0 Å². The summed E-state index contributed by atoms with van der Waals surface area (Å²) in [4.78, 5) is 0. The van der Waals surface area contributed by atoms with Crippen LogP contribution in [-0.4, -0.2) is 18.6 Å². The number of hydrogen-bond donors (Lipinski definition) is 0. The topological polar surface area (TPSA) is 9.23 Å². The van der Waals surface area contributed by atoms with E-state index < -0.39 is 11.6 Å². The van der Waals surface area contributed by atoms with Crippen LogP contribution in [0, 0.1) is 11.6 Å². The second-order valence-corrected chi connectivity index (χ2v) is 4.76. The van der Waals surface area contributed by atoms with Crippen molar-refractivity contribution in [1.82, 2.24) is 0 Å². The first-order valence-corrected chi connectivity index (χ1v) is 7.36. The first-order chi connectivity index (χ1) is 7.69. The van der Waals surface area contributed by atoms with E-state index >= 15 is 0 Å². The van der Waals surface area contributed by atoms with Crippen LogP contribution in [0.1, 0.15) is 12.0 Å². The fraction of sp³-hybridized carbons (Fsp3) is 0.455. The minimum atomic E-state index is -0.640. The molecule has 0 radical (unpaired) electrons. The molecular formula is C11H13BrF2OS. The Hall–Kier alpha value is -0.290. The summed E-state index contributed by atoms with van der Waals surface area (Å²) < 4.78 is 31.9. The molecule has 0 unspecified atom stereocenters. The monoisotopic (exact) mass is 310 g/mol. The van der Waals surface area contributed by atoms with Gasteiger partial charge >= 0.3 is 0 Å². The Morgan fingerprint density at radius 1 is 1.31 bits per heavy atom. The van der Waals surface area contributed by atoms with Crippen molar-refractivity contribution in [3.05, 3.63) is 29.3 Å². The molecule has 0 atom stereocenters. The number of hydrogen-bond acceptors (Lipinski definition) is 2. The van der Waals surface area contributed by atoms with Gasteiger partial charge in [-0.05, 0) is 36.1 Å². The molecule has 0 amide bonds. The summed E-state index contributed by atoms with van der Waals surface area (Å²) in [5.74, 6) is -0.633. The van der Waals surface area contributed by atoms with Crippen molar-refractivity contribution in [1.29, 1.82) is 0 Å². The number of thioether (sulfide) groups is 1. The quantitative estimate of drug-likeness (QED) is 0.580. The van der Waals surface area contributed by atoms with Gasteiger partial charge in [0.2, 0.25) is 0 Å². The van der Waals surface area contributed by atoms with Crippen LogP contribution in [0.5, 0.6) is 5.75 Å². The molecular weight excluding hydrogens is 298 g/mol. The third-order valence-electron chi connectivity index (χ3n) is 1.95. The summed E-state index contributed by atoms with van der Waals surface area (Å²) in [6.07, 6.45) is 2.76. The van der Waals surface area contributed by atoms with Gasteiger partial charge in [0.05, 0.1) is 6.61 Å². The Balaban J connectivity index is 2.65. The lowest BCUT2D eigenvalue weighted by Crippen LogP contribution is -2.03. The normalized spacial score (nSPS) is 10.5. The smallest absolute Gasteiger partial charge is 0.190 e. The van der Waals surface area contributed by atoms with E-state index in [0.717, 1.165) is 12.2 Å². The summed E-state index contributed by atoms with van der Waals surface area (Å²) in [5, 5.41) is 0.424. The Labute approximate surface area is 107 Å². The van der Waals surface area contributed by atoms with Crippen LogP contribution in [-0.2, 0) is 5.33 Å². The van der Waals surface area contributed by atoms with Crippen molar-refractivity contribution < 1.29 is 13.5 Å². The first kappa shape index (κ1) is 13.8. The highest BCUT2D eigenvalue weighted by molar-refractivity contribution is 9.08. The van der Waals surface area contributed by atoms with Crippen molar-refractivity contribution in [2.24, 2.45) is 0 Å². The average Bonchev–Trinajstić information content (AvgIpc) is 2.26. The van der Waals surface area contributed by atoms with Crippen LogP contribution in [0.4, 0.5) is 8.78 Å². The van der Waals surface area contributed by atoms with Gasteiger partial charge in [0.15, 0.2) is 17.4 Å².